The van der Waals surface area contributed by atoms with Gasteiger partial charge >= 0.3 is 0 Å². The van der Waals surface area contributed by atoms with E-state index < -0.39 is 0 Å². The van der Waals surface area contributed by atoms with Crippen LogP contribution in [0.15, 0.2) is 35.1 Å². The van der Waals surface area contributed by atoms with E-state index in [4.69, 9.17) is 14.4 Å². The lowest BCUT2D eigenvalue weighted by atomic mass is 10.0. The van der Waals surface area contributed by atoms with Crippen LogP contribution < -0.4 is 5.32 Å². The Hall–Kier alpha value is -3.04. The lowest BCUT2D eigenvalue weighted by Crippen LogP contribution is -2.26. The van der Waals surface area contributed by atoms with E-state index in [9.17, 15) is 4.79 Å². The Morgan fingerprint density at radius 3 is 3.18 bits per heavy atom. The monoisotopic (exact) mass is 383 g/mol. The number of hydrogen-bond donors (Lipinski definition) is 2. The first-order valence-electron chi connectivity index (χ1n) is 9.07. The van der Waals surface area contributed by atoms with E-state index >= 15 is 0 Å². The molecule has 0 fully saturated rings. The summed E-state index contributed by atoms with van der Waals surface area (Å²) in [6.07, 6.45) is 4.84. The van der Waals surface area contributed by atoms with Gasteiger partial charge in [-0.25, -0.2) is 0 Å². The molecule has 0 spiro atoms. The zero-order valence-electron chi connectivity index (χ0n) is 15.5. The molecular formula is C19H21N5O4. The molecule has 2 heterocycles. The quantitative estimate of drug-likeness (QED) is 0.635. The number of benzene rings is 1. The van der Waals surface area contributed by atoms with Crippen LogP contribution in [0.5, 0.6) is 0 Å². The number of ether oxygens (including phenoxy) is 1. The molecule has 1 atom stereocenters. The highest BCUT2D eigenvalue weighted by Gasteiger charge is 2.25. The van der Waals surface area contributed by atoms with E-state index in [1.54, 1.807) is 18.0 Å². The minimum Gasteiger partial charge on any atom is -0.394 e. The number of amides is 1. The van der Waals surface area contributed by atoms with Crippen molar-refractivity contribution in [3.63, 3.8) is 0 Å². The topological polar surface area (TPSA) is 115 Å². The van der Waals surface area contributed by atoms with Crippen LogP contribution in [0.4, 0.5) is 0 Å². The molecule has 3 aromatic rings. The molecule has 146 valence electrons. The molecule has 1 aliphatic rings. The number of carbonyl (C=O) groups excluding carboxylic acids is 1. The molecule has 0 saturated carbocycles. The zero-order valence-corrected chi connectivity index (χ0v) is 15.5. The van der Waals surface area contributed by atoms with Crippen molar-refractivity contribution in [1.29, 1.82) is 0 Å². The largest absolute Gasteiger partial charge is 0.394 e. The maximum atomic E-state index is 12.5. The Bertz CT molecular complexity index is 980. The van der Waals surface area contributed by atoms with Gasteiger partial charge in [0.2, 0.25) is 5.82 Å². The summed E-state index contributed by atoms with van der Waals surface area (Å²) >= 11 is 0. The first-order chi connectivity index (χ1) is 13.7. The highest BCUT2D eigenvalue weighted by Crippen LogP contribution is 2.34. The molecular weight excluding hydrogens is 362 g/mol. The number of hydrogen-bond acceptors (Lipinski definition) is 7. The van der Waals surface area contributed by atoms with Crippen LogP contribution in [-0.2, 0) is 24.3 Å². The van der Waals surface area contributed by atoms with Crippen LogP contribution >= 0.6 is 0 Å². The second-order valence-corrected chi connectivity index (χ2v) is 6.64. The summed E-state index contributed by atoms with van der Waals surface area (Å²) in [5.74, 6) is 0.789. The van der Waals surface area contributed by atoms with E-state index in [2.05, 4.69) is 20.6 Å². The average molecular weight is 383 g/mol. The van der Waals surface area contributed by atoms with Gasteiger partial charge in [0.1, 0.15) is 6.61 Å². The van der Waals surface area contributed by atoms with Crippen LogP contribution in [0.2, 0.25) is 0 Å². The number of carbonyl (C=O) groups is 1. The standard InChI is InChI=1S/C19H21N5O4/c1-27-11-17-22-18(23-28-17)13-2-4-15-12(8-13)3-5-16(15)21-19(26)14-9-20-24(10-14)6-7-25/h2,4,8-10,16,25H,3,5-7,11H2,1H3,(H,21,26). The van der Waals surface area contributed by atoms with Gasteiger partial charge in [0.15, 0.2) is 0 Å². The van der Waals surface area contributed by atoms with Gasteiger partial charge < -0.3 is 19.7 Å². The van der Waals surface area contributed by atoms with Crippen LogP contribution in [0.3, 0.4) is 0 Å². The third-order valence-corrected chi connectivity index (χ3v) is 4.74. The normalized spacial score (nSPS) is 15.6. The van der Waals surface area contributed by atoms with Crippen molar-refractivity contribution in [2.75, 3.05) is 13.7 Å². The van der Waals surface area contributed by atoms with Gasteiger partial charge in [-0.2, -0.15) is 10.1 Å². The first-order valence-corrected chi connectivity index (χ1v) is 9.07. The summed E-state index contributed by atoms with van der Waals surface area (Å²) in [6, 6.07) is 5.93. The van der Waals surface area contributed by atoms with Crippen LogP contribution in [0, 0.1) is 0 Å². The number of aryl methyl sites for hydroxylation is 1. The molecule has 9 nitrogen and oxygen atoms in total. The zero-order chi connectivity index (χ0) is 19.5. The SMILES string of the molecule is COCc1nc(-c2ccc3c(c2)CCC3NC(=O)c2cnn(CCO)c2)no1. The molecule has 1 aromatic carbocycles. The van der Waals surface area contributed by atoms with Crippen molar-refractivity contribution in [1.82, 2.24) is 25.2 Å². The number of aliphatic hydroxyl groups is 1. The second-order valence-electron chi connectivity index (χ2n) is 6.64. The molecule has 2 aromatic heterocycles. The molecule has 9 heteroatoms. The molecule has 4 rings (SSSR count). The van der Waals surface area contributed by atoms with Gasteiger partial charge in [0.05, 0.1) is 31.0 Å². The van der Waals surface area contributed by atoms with Gasteiger partial charge in [-0.15, -0.1) is 0 Å². The number of nitrogens with one attached hydrogen (secondary N) is 1. The number of aliphatic hydroxyl groups excluding tert-OH is 1. The summed E-state index contributed by atoms with van der Waals surface area (Å²) in [6.45, 7) is 0.625. The number of methoxy groups -OCH3 is 1. The summed E-state index contributed by atoms with van der Waals surface area (Å²) in [4.78, 5) is 16.8. The number of aromatic nitrogens is 4. The molecule has 0 radical (unpaired) electrons. The fourth-order valence-electron chi connectivity index (χ4n) is 3.41. The molecule has 0 bridgehead atoms. The smallest absolute Gasteiger partial charge is 0.254 e. The van der Waals surface area contributed by atoms with Crippen LogP contribution in [0.1, 0.15) is 39.8 Å². The van der Waals surface area contributed by atoms with Crippen molar-refractivity contribution in [3.8, 4) is 11.4 Å². The third-order valence-electron chi connectivity index (χ3n) is 4.74. The summed E-state index contributed by atoms with van der Waals surface area (Å²) in [5, 5.41) is 20.1. The van der Waals surface area contributed by atoms with Crippen molar-refractivity contribution < 1.29 is 19.2 Å². The highest BCUT2D eigenvalue weighted by molar-refractivity contribution is 5.94. The van der Waals surface area contributed by atoms with Gasteiger partial charge in [0.25, 0.3) is 11.8 Å². The molecule has 0 saturated heterocycles. The minimum absolute atomic E-state index is 0.0194. The maximum absolute atomic E-state index is 12.5. The summed E-state index contributed by atoms with van der Waals surface area (Å²) < 4.78 is 11.7. The van der Waals surface area contributed by atoms with E-state index in [-0.39, 0.29) is 25.2 Å². The molecule has 1 unspecified atom stereocenters. The Morgan fingerprint density at radius 2 is 2.36 bits per heavy atom. The molecule has 28 heavy (non-hydrogen) atoms. The maximum Gasteiger partial charge on any atom is 0.254 e. The summed E-state index contributed by atoms with van der Waals surface area (Å²) in [5.41, 5.74) is 3.62. The third kappa shape index (κ3) is 3.67. The molecule has 1 amide bonds. The number of fused-ring (bicyclic) bond motifs is 1. The Kier molecular flexibility index (Phi) is 5.18. The Balaban J connectivity index is 1.47. The van der Waals surface area contributed by atoms with Crippen molar-refractivity contribution >= 4 is 5.91 Å². The predicted molar refractivity (Wildman–Crippen MR) is 98.3 cm³/mol. The van der Waals surface area contributed by atoms with Crippen molar-refractivity contribution in [2.45, 2.75) is 32.0 Å². The molecule has 1 aliphatic carbocycles. The predicted octanol–water partition coefficient (Wildman–Crippen LogP) is 1.49. The van der Waals surface area contributed by atoms with Gasteiger partial charge in [-0.1, -0.05) is 17.3 Å². The van der Waals surface area contributed by atoms with Crippen molar-refractivity contribution in [2.24, 2.45) is 0 Å². The minimum atomic E-state index is -0.173. The fourth-order valence-corrected chi connectivity index (χ4v) is 3.41. The van der Waals surface area contributed by atoms with Gasteiger partial charge in [-0.05, 0) is 30.0 Å². The summed E-state index contributed by atoms with van der Waals surface area (Å²) in [7, 11) is 1.57. The van der Waals surface area contributed by atoms with Crippen LogP contribution in [0.25, 0.3) is 11.4 Å². The highest BCUT2D eigenvalue weighted by atomic mass is 16.5. The fraction of sp³-hybridized carbons (Fsp3) is 0.368. The van der Waals surface area contributed by atoms with Gasteiger partial charge in [0, 0.05) is 18.9 Å². The Labute approximate surface area is 161 Å². The average Bonchev–Trinajstić information content (AvgIpc) is 3.42. The van der Waals surface area contributed by atoms with Crippen LogP contribution in [-0.4, -0.2) is 44.7 Å². The van der Waals surface area contributed by atoms with E-state index in [0.29, 0.717) is 23.8 Å². The van der Waals surface area contributed by atoms with E-state index in [1.807, 2.05) is 18.2 Å². The first kappa shape index (κ1) is 18.3. The molecule has 0 aliphatic heterocycles. The van der Waals surface area contributed by atoms with Crippen molar-refractivity contribution in [3.05, 3.63) is 53.2 Å². The lowest BCUT2D eigenvalue weighted by molar-refractivity contribution is 0.0936. The van der Waals surface area contributed by atoms with Gasteiger partial charge in [-0.3, -0.25) is 9.48 Å². The molecule has 2 N–H and O–H groups in total. The lowest BCUT2D eigenvalue weighted by Gasteiger charge is -2.13. The number of nitrogens with zero attached hydrogens (tertiary/aromatic N) is 4. The Morgan fingerprint density at radius 1 is 1.46 bits per heavy atom. The number of rotatable bonds is 7. The second kappa shape index (κ2) is 7.91. The van der Waals surface area contributed by atoms with E-state index in [1.165, 1.54) is 6.20 Å². The van der Waals surface area contributed by atoms with E-state index in [0.717, 1.165) is 29.5 Å².